The quantitative estimate of drug-likeness (QED) is 0.158. The highest BCUT2D eigenvalue weighted by Gasteiger charge is 2.25. The van der Waals surface area contributed by atoms with Crippen molar-refractivity contribution in [2.75, 3.05) is 6.61 Å². The summed E-state index contributed by atoms with van der Waals surface area (Å²) in [5.74, 6) is 1.12. The number of nitrogens with zero attached hydrogens (tertiary/aromatic N) is 2. The third-order valence-electron chi connectivity index (χ3n) is 5.78. The van der Waals surface area contributed by atoms with Crippen LogP contribution >= 0.6 is 11.8 Å². The molecule has 4 aromatic carbocycles. The summed E-state index contributed by atoms with van der Waals surface area (Å²) >= 11 is 1.26. The van der Waals surface area contributed by atoms with Crippen LogP contribution in [0, 0.1) is 10.1 Å². The van der Waals surface area contributed by atoms with Crippen molar-refractivity contribution in [2.24, 2.45) is 4.99 Å². The number of ether oxygens (including phenoxy) is 2. The molecule has 0 aromatic heterocycles. The Labute approximate surface area is 223 Å². The van der Waals surface area contributed by atoms with Gasteiger partial charge >= 0.3 is 0 Å². The Morgan fingerprint density at radius 2 is 1.74 bits per heavy atom. The summed E-state index contributed by atoms with van der Waals surface area (Å²) in [6.45, 7) is 2.73. The number of non-ortho nitro benzene ring substituents is 1. The second-order valence-corrected chi connectivity index (χ2v) is 9.35. The molecule has 1 aliphatic heterocycles. The number of nitro groups is 1. The molecule has 1 N–H and O–H groups in total. The number of fused-ring (bicyclic) bond motifs is 1. The number of thioether (sulfide) groups is 1. The number of amides is 1. The van der Waals surface area contributed by atoms with E-state index in [1.165, 1.54) is 23.9 Å². The molecule has 1 fully saturated rings. The summed E-state index contributed by atoms with van der Waals surface area (Å²) in [4.78, 5) is 28.4. The molecule has 1 saturated heterocycles. The topological polar surface area (TPSA) is 103 Å². The molecule has 38 heavy (non-hydrogen) atoms. The smallest absolute Gasteiger partial charge is 0.269 e. The Balaban J connectivity index is 1.42. The summed E-state index contributed by atoms with van der Waals surface area (Å²) in [6, 6.07) is 25.3. The fraction of sp³-hybridized carbons (Fsp3) is 0.103. The SMILES string of the molecule is CCOc1ccc(N=C2NC(=O)/C(=C\c3c(OCc4ccc([N+](=O)[O-])cc4)ccc4ccccc34)S2)cc1. The maximum Gasteiger partial charge on any atom is 0.269 e. The van der Waals surface area contributed by atoms with Crippen LogP contribution in [-0.4, -0.2) is 22.6 Å². The van der Waals surface area contributed by atoms with Crippen LogP contribution < -0.4 is 14.8 Å². The highest BCUT2D eigenvalue weighted by atomic mass is 32.2. The lowest BCUT2D eigenvalue weighted by molar-refractivity contribution is -0.384. The molecular weight excluding hydrogens is 502 g/mol. The van der Waals surface area contributed by atoms with Gasteiger partial charge < -0.3 is 14.8 Å². The van der Waals surface area contributed by atoms with Crippen molar-refractivity contribution >= 4 is 51.1 Å². The first-order valence-corrected chi connectivity index (χ1v) is 12.7. The Morgan fingerprint density at radius 1 is 0.974 bits per heavy atom. The molecule has 1 aliphatic rings. The van der Waals surface area contributed by atoms with E-state index in [0.29, 0.717) is 28.1 Å². The first-order valence-electron chi connectivity index (χ1n) is 11.9. The molecule has 0 radical (unpaired) electrons. The Hall–Kier alpha value is -4.63. The molecule has 0 bridgehead atoms. The van der Waals surface area contributed by atoms with Crippen LogP contribution in [0.3, 0.4) is 0 Å². The fourth-order valence-electron chi connectivity index (χ4n) is 3.94. The van der Waals surface area contributed by atoms with Crippen molar-refractivity contribution in [3.05, 3.63) is 111 Å². The normalized spacial score (nSPS) is 15.1. The number of nitrogens with one attached hydrogen (secondary N) is 1. The molecular formula is C29H23N3O5S. The second kappa shape index (κ2) is 11.2. The highest BCUT2D eigenvalue weighted by molar-refractivity contribution is 8.18. The molecule has 0 atom stereocenters. The third kappa shape index (κ3) is 5.68. The Bertz CT molecular complexity index is 1560. The zero-order chi connectivity index (χ0) is 26.5. The van der Waals surface area contributed by atoms with E-state index in [-0.39, 0.29) is 18.2 Å². The molecule has 9 heteroatoms. The number of hydrogen-bond donors (Lipinski definition) is 1. The van der Waals surface area contributed by atoms with Crippen molar-refractivity contribution in [3.8, 4) is 11.5 Å². The number of benzene rings is 4. The number of carbonyl (C=O) groups is 1. The molecule has 0 aliphatic carbocycles. The van der Waals surface area contributed by atoms with Crippen LogP contribution in [-0.2, 0) is 11.4 Å². The second-order valence-electron chi connectivity index (χ2n) is 8.32. The summed E-state index contributed by atoms with van der Waals surface area (Å²) < 4.78 is 11.6. The minimum Gasteiger partial charge on any atom is -0.494 e. The summed E-state index contributed by atoms with van der Waals surface area (Å²) in [6.07, 6.45) is 1.81. The van der Waals surface area contributed by atoms with Gasteiger partial charge in [0.15, 0.2) is 5.17 Å². The lowest BCUT2D eigenvalue weighted by Gasteiger charge is -2.12. The van der Waals surface area contributed by atoms with Gasteiger partial charge in [0, 0.05) is 17.7 Å². The third-order valence-corrected chi connectivity index (χ3v) is 6.69. The largest absolute Gasteiger partial charge is 0.494 e. The van der Waals surface area contributed by atoms with Gasteiger partial charge in [0.25, 0.3) is 11.6 Å². The van der Waals surface area contributed by atoms with Gasteiger partial charge in [-0.2, -0.15) is 0 Å². The molecule has 0 saturated carbocycles. The van der Waals surface area contributed by atoms with Gasteiger partial charge in [0.05, 0.1) is 22.1 Å². The monoisotopic (exact) mass is 525 g/mol. The number of aliphatic imine (C=N–C) groups is 1. The summed E-state index contributed by atoms with van der Waals surface area (Å²) in [7, 11) is 0. The molecule has 190 valence electrons. The number of carbonyl (C=O) groups excluding carboxylic acids is 1. The van der Waals surface area contributed by atoms with Crippen LogP contribution in [0.2, 0.25) is 0 Å². The van der Waals surface area contributed by atoms with Gasteiger partial charge in [-0.25, -0.2) is 4.99 Å². The first-order chi connectivity index (χ1) is 18.5. The zero-order valence-electron chi connectivity index (χ0n) is 20.4. The Morgan fingerprint density at radius 3 is 2.47 bits per heavy atom. The van der Waals surface area contributed by atoms with E-state index in [4.69, 9.17) is 9.47 Å². The van der Waals surface area contributed by atoms with Crippen LogP contribution in [0.15, 0.2) is 94.8 Å². The Kier molecular flexibility index (Phi) is 7.37. The number of amidine groups is 1. The first kappa shape index (κ1) is 25.0. The van der Waals surface area contributed by atoms with Crippen LogP contribution in [0.5, 0.6) is 11.5 Å². The fourth-order valence-corrected chi connectivity index (χ4v) is 4.76. The standard InChI is InChI=1S/C29H23N3O5S/c1-2-36-23-14-10-21(11-15-23)30-29-31-28(33)27(38-29)17-25-24-6-4-3-5-20(24)9-16-26(25)37-18-19-7-12-22(13-8-19)32(34)35/h3-17H,2,18H2,1H3,(H,30,31,33)/b27-17+. The van der Waals surface area contributed by atoms with Crippen molar-refractivity contribution in [1.29, 1.82) is 0 Å². The van der Waals surface area contributed by atoms with Crippen molar-refractivity contribution in [2.45, 2.75) is 13.5 Å². The molecule has 5 rings (SSSR count). The minimum atomic E-state index is -0.434. The van der Waals surface area contributed by atoms with E-state index in [0.717, 1.165) is 27.6 Å². The maximum absolute atomic E-state index is 12.8. The lowest BCUT2D eigenvalue weighted by Crippen LogP contribution is -2.19. The van der Waals surface area contributed by atoms with Crippen LogP contribution in [0.25, 0.3) is 16.8 Å². The van der Waals surface area contributed by atoms with E-state index >= 15 is 0 Å². The van der Waals surface area contributed by atoms with Gasteiger partial charge in [-0.1, -0.05) is 30.3 Å². The van der Waals surface area contributed by atoms with E-state index in [1.54, 1.807) is 12.1 Å². The van der Waals surface area contributed by atoms with E-state index in [1.807, 2.05) is 73.7 Å². The molecule has 1 amide bonds. The van der Waals surface area contributed by atoms with Gasteiger partial charge in [0.2, 0.25) is 0 Å². The van der Waals surface area contributed by atoms with E-state index in [9.17, 15) is 14.9 Å². The summed E-state index contributed by atoms with van der Waals surface area (Å²) in [5.41, 5.74) is 2.29. The van der Waals surface area contributed by atoms with Crippen molar-refractivity contribution in [3.63, 3.8) is 0 Å². The maximum atomic E-state index is 12.8. The van der Waals surface area contributed by atoms with E-state index in [2.05, 4.69) is 10.3 Å². The number of rotatable bonds is 8. The van der Waals surface area contributed by atoms with Gasteiger partial charge in [-0.15, -0.1) is 0 Å². The van der Waals surface area contributed by atoms with E-state index < -0.39 is 4.92 Å². The molecule has 1 heterocycles. The summed E-state index contributed by atoms with van der Waals surface area (Å²) in [5, 5.41) is 16.2. The van der Waals surface area contributed by atoms with Gasteiger partial charge in [-0.3, -0.25) is 14.9 Å². The average molecular weight is 526 g/mol. The lowest BCUT2D eigenvalue weighted by atomic mass is 10.0. The predicted octanol–water partition coefficient (Wildman–Crippen LogP) is 6.62. The molecule has 0 spiro atoms. The highest BCUT2D eigenvalue weighted by Crippen LogP contribution is 2.35. The van der Waals surface area contributed by atoms with Crippen molar-refractivity contribution in [1.82, 2.24) is 5.32 Å². The minimum absolute atomic E-state index is 0.0249. The molecule has 4 aromatic rings. The zero-order valence-corrected chi connectivity index (χ0v) is 21.2. The van der Waals surface area contributed by atoms with Crippen LogP contribution in [0.1, 0.15) is 18.1 Å². The van der Waals surface area contributed by atoms with Gasteiger partial charge in [0.1, 0.15) is 18.1 Å². The predicted molar refractivity (Wildman–Crippen MR) is 150 cm³/mol. The van der Waals surface area contributed by atoms with Crippen LogP contribution in [0.4, 0.5) is 11.4 Å². The van der Waals surface area contributed by atoms with Gasteiger partial charge in [-0.05, 0) is 83.6 Å². The molecule has 0 unspecified atom stereocenters. The number of hydrogen-bond acceptors (Lipinski definition) is 7. The molecule has 8 nitrogen and oxygen atoms in total. The number of nitro benzene ring substituents is 1. The van der Waals surface area contributed by atoms with Crippen molar-refractivity contribution < 1.29 is 19.2 Å². The average Bonchev–Trinajstić information content (AvgIpc) is 3.27.